The van der Waals surface area contributed by atoms with Crippen LogP contribution in [0, 0.1) is 40.4 Å². The van der Waals surface area contributed by atoms with E-state index in [9.17, 15) is 0 Å². The van der Waals surface area contributed by atoms with Crippen LogP contribution in [0.3, 0.4) is 0 Å². The highest BCUT2D eigenvalue weighted by Crippen LogP contribution is 2.67. The number of hydrazine groups is 3. The highest BCUT2D eigenvalue weighted by molar-refractivity contribution is 5.08. The molecule has 4 heteroatoms. The molecule has 4 aliphatic carbocycles. The zero-order valence-electron chi connectivity index (χ0n) is 16.9. The normalized spacial score (nSPS) is 52.6. The van der Waals surface area contributed by atoms with E-state index in [4.69, 9.17) is 5.84 Å². The van der Waals surface area contributed by atoms with Crippen molar-refractivity contribution in [3.8, 4) is 0 Å². The number of nitrogens with zero attached hydrogens (tertiary/aromatic N) is 1. The predicted molar refractivity (Wildman–Crippen MR) is 103 cm³/mol. The lowest BCUT2D eigenvalue weighted by molar-refractivity contribution is -0.117. The number of rotatable bonds is 3. The number of hydrogen-bond acceptors (Lipinski definition) is 4. The molecule has 0 saturated heterocycles. The zero-order chi connectivity index (χ0) is 17.8. The zero-order valence-corrected chi connectivity index (χ0v) is 16.9. The predicted octanol–water partition coefficient (Wildman–Crippen LogP) is 3.85. The molecule has 4 fully saturated rings. The largest absolute Gasteiger partial charge is 0.241 e. The third-order valence-corrected chi connectivity index (χ3v) is 9.70. The molecule has 0 heterocycles. The molecule has 25 heavy (non-hydrogen) atoms. The summed E-state index contributed by atoms with van der Waals surface area (Å²) in [7, 11) is 1.87. The summed E-state index contributed by atoms with van der Waals surface area (Å²) in [6.07, 6.45) is 12.8. The number of nitrogens with two attached hydrogens (primary N) is 1. The summed E-state index contributed by atoms with van der Waals surface area (Å²) >= 11 is 0. The summed E-state index contributed by atoms with van der Waals surface area (Å²) in [4.78, 5) is 0. The van der Waals surface area contributed by atoms with E-state index in [0.29, 0.717) is 16.9 Å². The van der Waals surface area contributed by atoms with Gasteiger partial charge in [0.25, 0.3) is 0 Å². The van der Waals surface area contributed by atoms with Crippen molar-refractivity contribution in [1.82, 2.24) is 16.1 Å². The Hall–Kier alpha value is -0.160. The Morgan fingerprint density at radius 2 is 1.64 bits per heavy atom. The van der Waals surface area contributed by atoms with Crippen LogP contribution in [0.25, 0.3) is 0 Å². The van der Waals surface area contributed by atoms with Crippen molar-refractivity contribution in [2.24, 2.45) is 46.3 Å². The molecular weight excluding hydrogens is 308 g/mol. The maximum atomic E-state index is 5.91. The van der Waals surface area contributed by atoms with Crippen molar-refractivity contribution < 1.29 is 0 Å². The Balaban J connectivity index is 1.49. The van der Waals surface area contributed by atoms with E-state index in [2.05, 4.69) is 31.6 Å². The number of fused-ring (bicyclic) bond motifs is 5. The molecule has 4 nitrogen and oxygen atoms in total. The first-order valence-electron chi connectivity index (χ1n) is 10.9. The molecule has 8 unspecified atom stereocenters. The Morgan fingerprint density at radius 3 is 2.40 bits per heavy atom. The monoisotopic (exact) mass is 348 g/mol. The number of hydrogen-bond donors (Lipinski definition) is 3. The summed E-state index contributed by atoms with van der Waals surface area (Å²) in [5, 5.41) is 1.55. The highest BCUT2D eigenvalue weighted by Gasteiger charge is 2.59. The van der Waals surface area contributed by atoms with Crippen LogP contribution in [-0.4, -0.2) is 18.3 Å². The van der Waals surface area contributed by atoms with Gasteiger partial charge in [0.05, 0.1) is 0 Å². The Kier molecular flexibility index (Phi) is 4.71. The van der Waals surface area contributed by atoms with Crippen LogP contribution in [-0.2, 0) is 0 Å². The summed E-state index contributed by atoms with van der Waals surface area (Å²) < 4.78 is 0. The topological polar surface area (TPSA) is 53.3 Å². The minimum atomic E-state index is 0.535. The molecule has 0 amide bonds. The lowest BCUT2D eigenvalue weighted by Crippen LogP contribution is -2.59. The second kappa shape index (κ2) is 6.47. The summed E-state index contributed by atoms with van der Waals surface area (Å²) in [6.45, 7) is 7.82. The van der Waals surface area contributed by atoms with E-state index in [1.165, 1.54) is 57.8 Å². The van der Waals surface area contributed by atoms with Gasteiger partial charge in [-0.25, -0.2) is 16.7 Å². The fourth-order valence-corrected chi connectivity index (χ4v) is 7.90. The Morgan fingerprint density at radius 1 is 0.920 bits per heavy atom. The van der Waals surface area contributed by atoms with Crippen LogP contribution >= 0.6 is 0 Å². The highest BCUT2D eigenvalue weighted by atomic mass is 15.8. The first kappa shape index (κ1) is 18.2. The molecule has 0 spiro atoms. The van der Waals surface area contributed by atoms with Gasteiger partial charge in [-0.15, -0.1) is 5.23 Å². The van der Waals surface area contributed by atoms with Crippen molar-refractivity contribution in [3.63, 3.8) is 0 Å². The fraction of sp³-hybridized carbons (Fsp3) is 1.00. The standard InChI is InChI=1S/C21H40N4/c1-14-5-8-18-17-7-6-15-13-16(24-25(22)23-4)9-11-21(15,3)19(17)10-12-20(14,18)2/h14-19,23-24H,5-13,22H2,1-4H3. The van der Waals surface area contributed by atoms with Crippen molar-refractivity contribution in [1.29, 1.82) is 0 Å². The summed E-state index contributed by atoms with van der Waals surface area (Å²) in [5.74, 6) is 10.7. The maximum Gasteiger partial charge on any atom is 0.0245 e. The van der Waals surface area contributed by atoms with E-state index in [0.717, 1.165) is 29.6 Å². The lowest BCUT2D eigenvalue weighted by Gasteiger charge is -2.61. The van der Waals surface area contributed by atoms with Crippen LogP contribution in [0.2, 0.25) is 0 Å². The van der Waals surface area contributed by atoms with E-state index >= 15 is 0 Å². The van der Waals surface area contributed by atoms with Crippen molar-refractivity contribution in [3.05, 3.63) is 0 Å². The number of nitrogens with one attached hydrogen (secondary N) is 2. The van der Waals surface area contributed by atoms with Gasteiger partial charge in [0.15, 0.2) is 0 Å². The average molecular weight is 349 g/mol. The van der Waals surface area contributed by atoms with Crippen LogP contribution < -0.4 is 16.7 Å². The van der Waals surface area contributed by atoms with E-state index in [1.54, 1.807) is 5.23 Å². The molecule has 0 aromatic rings. The van der Waals surface area contributed by atoms with Gasteiger partial charge in [-0.3, -0.25) is 0 Å². The average Bonchev–Trinajstić information content (AvgIpc) is 2.90. The summed E-state index contributed by atoms with van der Waals surface area (Å²) in [5.41, 5.74) is 7.64. The minimum absolute atomic E-state index is 0.535. The van der Waals surface area contributed by atoms with Crippen LogP contribution in [0.5, 0.6) is 0 Å². The molecule has 0 bridgehead atoms. The maximum absolute atomic E-state index is 5.91. The van der Waals surface area contributed by atoms with E-state index in [-0.39, 0.29) is 0 Å². The lowest BCUT2D eigenvalue weighted by atomic mass is 9.44. The first-order valence-corrected chi connectivity index (χ1v) is 10.9. The SMILES string of the molecule is CNN(N)NC1CCC2(C)C(CCC3C4CCC(C)C4(C)CCC32)C1. The molecule has 0 radical (unpaired) electrons. The van der Waals surface area contributed by atoms with Gasteiger partial charge in [0.2, 0.25) is 0 Å². The quantitative estimate of drug-likeness (QED) is 0.536. The van der Waals surface area contributed by atoms with Gasteiger partial charge < -0.3 is 0 Å². The van der Waals surface area contributed by atoms with Gasteiger partial charge in [0.1, 0.15) is 0 Å². The van der Waals surface area contributed by atoms with Crippen LogP contribution in [0.15, 0.2) is 0 Å². The van der Waals surface area contributed by atoms with Crippen LogP contribution in [0.4, 0.5) is 0 Å². The van der Waals surface area contributed by atoms with Crippen molar-refractivity contribution >= 4 is 0 Å². The molecule has 0 aromatic heterocycles. The molecule has 0 aliphatic heterocycles. The molecule has 4 rings (SSSR count). The van der Waals surface area contributed by atoms with E-state index in [1.807, 2.05) is 7.05 Å². The second-order valence-corrected chi connectivity index (χ2v) is 10.4. The third-order valence-electron chi connectivity index (χ3n) is 9.70. The molecule has 144 valence electrons. The molecule has 0 aromatic carbocycles. The molecule has 4 aliphatic rings. The second-order valence-electron chi connectivity index (χ2n) is 10.4. The van der Waals surface area contributed by atoms with E-state index < -0.39 is 0 Å². The van der Waals surface area contributed by atoms with Gasteiger partial charge in [0, 0.05) is 13.1 Å². The van der Waals surface area contributed by atoms with Crippen molar-refractivity contribution in [2.45, 2.75) is 84.6 Å². The Labute approximate surface area is 154 Å². The molecule has 4 saturated carbocycles. The summed E-state index contributed by atoms with van der Waals surface area (Å²) in [6, 6.07) is 0.535. The van der Waals surface area contributed by atoms with Gasteiger partial charge >= 0.3 is 0 Å². The van der Waals surface area contributed by atoms with Gasteiger partial charge in [-0.1, -0.05) is 20.8 Å². The van der Waals surface area contributed by atoms with Crippen LogP contribution in [0.1, 0.15) is 78.6 Å². The molecule has 8 atom stereocenters. The molecular formula is C21H40N4. The van der Waals surface area contributed by atoms with Crippen molar-refractivity contribution in [2.75, 3.05) is 7.05 Å². The smallest absolute Gasteiger partial charge is 0.0245 e. The van der Waals surface area contributed by atoms with Gasteiger partial charge in [-0.05, 0) is 98.2 Å². The minimum Gasteiger partial charge on any atom is -0.241 e. The molecule has 4 N–H and O–H groups in total. The first-order chi connectivity index (χ1) is 11.9. The Bertz CT molecular complexity index is 496. The third kappa shape index (κ3) is 2.79. The van der Waals surface area contributed by atoms with Gasteiger partial charge in [-0.2, -0.15) is 0 Å². The fourth-order valence-electron chi connectivity index (χ4n) is 7.90.